The minimum atomic E-state index is -0.340. The first-order valence-corrected chi connectivity index (χ1v) is 8.80. The maximum Gasteiger partial charge on any atom is 0.261 e. The summed E-state index contributed by atoms with van der Waals surface area (Å²) in [6.07, 6.45) is 2.51. The molecular weight excluding hydrogens is 356 g/mol. The van der Waals surface area contributed by atoms with Gasteiger partial charge in [0.2, 0.25) is 0 Å². The molecule has 1 amide bonds. The highest BCUT2D eigenvalue weighted by atomic mass is 35.5. The van der Waals surface area contributed by atoms with Crippen LogP contribution >= 0.6 is 11.6 Å². The molecule has 1 aromatic heterocycles. The molecule has 1 N–H and O–H groups in total. The summed E-state index contributed by atoms with van der Waals surface area (Å²) < 4.78 is 12.3. The van der Waals surface area contributed by atoms with E-state index in [4.69, 9.17) is 21.1 Å². The number of hydrogen-bond acceptors (Lipinski definition) is 4. The lowest BCUT2D eigenvalue weighted by Crippen LogP contribution is -2.30. The van der Waals surface area contributed by atoms with Crippen molar-refractivity contribution in [1.82, 2.24) is 4.57 Å². The van der Waals surface area contributed by atoms with Crippen molar-refractivity contribution in [2.24, 2.45) is 0 Å². The van der Waals surface area contributed by atoms with Crippen molar-refractivity contribution in [1.29, 1.82) is 0 Å². The number of benzene rings is 1. The number of nitrogens with zero attached hydrogens (tertiary/aromatic N) is 1. The van der Waals surface area contributed by atoms with Crippen molar-refractivity contribution in [3.63, 3.8) is 0 Å². The molecular formula is C19H21ClN2O4. The van der Waals surface area contributed by atoms with Gasteiger partial charge < -0.3 is 19.4 Å². The average molecular weight is 377 g/mol. The largest absolute Gasteiger partial charge is 0.496 e. The summed E-state index contributed by atoms with van der Waals surface area (Å²) in [5.41, 5.74) is 2.29. The number of amides is 1. The summed E-state index contributed by atoms with van der Waals surface area (Å²) >= 11 is 6.13. The van der Waals surface area contributed by atoms with Gasteiger partial charge in [-0.25, -0.2) is 0 Å². The third-order valence-electron chi connectivity index (χ3n) is 4.60. The number of carbonyl (C=O) groups is 1. The number of ether oxygens (including phenoxy) is 2. The Balaban J connectivity index is 2.06. The number of rotatable bonds is 4. The number of pyridine rings is 1. The molecule has 0 saturated carbocycles. The minimum absolute atomic E-state index is 0.145. The predicted molar refractivity (Wildman–Crippen MR) is 101 cm³/mol. The molecule has 0 aliphatic carbocycles. The lowest BCUT2D eigenvalue weighted by atomic mass is 10.0. The summed E-state index contributed by atoms with van der Waals surface area (Å²) in [5.74, 6) is 0.410. The molecule has 0 bridgehead atoms. The fourth-order valence-electron chi connectivity index (χ4n) is 3.26. The lowest BCUT2D eigenvalue weighted by Gasteiger charge is -2.23. The van der Waals surface area contributed by atoms with Gasteiger partial charge >= 0.3 is 0 Å². The van der Waals surface area contributed by atoms with Gasteiger partial charge in [-0.1, -0.05) is 11.6 Å². The van der Waals surface area contributed by atoms with Gasteiger partial charge in [-0.3, -0.25) is 9.59 Å². The second kappa shape index (κ2) is 7.41. The van der Waals surface area contributed by atoms with Crippen LogP contribution in [0.5, 0.6) is 11.5 Å². The first-order chi connectivity index (χ1) is 12.5. The van der Waals surface area contributed by atoms with Crippen LogP contribution in [0.1, 0.15) is 34.5 Å². The standard InChI is InChI=1S/C19H21ClN2O4/c1-11-8-13(15(25-2)9-12(11)20)21-19(24)18-14-6-4-5-7-22(14)17(23)10-16(18)26-3/h8-10H,4-7H2,1-3H3,(H,21,24). The maximum atomic E-state index is 13.0. The monoisotopic (exact) mass is 376 g/mol. The van der Waals surface area contributed by atoms with Crippen LogP contribution in [0, 0.1) is 6.92 Å². The Hall–Kier alpha value is -2.47. The van der Waals surface area contributed by atoms with Crippen LogP contribution in [0.25, 0.3) is 0 Å². The third kappa shape index (κ3) is 3.29. The molecule has 7 heteroatoms. The molecule has 138 valence electrons. The minimum Gasteiger partial charge on any atom is -0.496 e. The molecule has 0 saturated heterocycles. The van der Waals surface area contributed by atoms with Crippen molar-refractivity contribution in [2.75, 3.05) is 19.5 Å². The highest BCUT2D eigenvalue weighted by Gasteiger charge is 2.25. The van der Waals surface area contributed by atoms with Crippen LogP contribution < -0.4 is 20.3 Å². The Morgan fingerprint density at radius 3 is 2.58 bits per heavy atom. The topological polar surface area (TPSA) is 69.6 Å². The highest BCUT2D eigenvalue weighted by molar-refractivity contribution is 6.31. The van der Waals surface area contributed by atoms with E-state index in [1.165, 1.54) is 20.3 Å². The fourth-order valence-corrected chi connectivity index (χ4v) is 3.41. The normalized spacial score (nSPS) is 13.1. The second-order valence-electron chi connectivity index (χ2n) is 6.24. The fraction of sp³-hybridized carbons (Fsp3) is 0.368. The van der Waals surface area contributed by atoms with Gasteiger partial charge in [0.25, 0.3) is 11.5 Å². The highest BCUT2D eigenvalue weighted by Crippen LogP contribution is 2.32. The predicted octanol–water partition coefficient (Wildman–Crippen LogP) is 3.42. The van der Waals surface area contributed by atoms with Crippen LogP contribution in [-0.4, -0.2) is 24.7 Å². The molecule has 1 aromatic carbocycles. The number of carbonyl (C=O) groups excluding carboxylic acids is 1. The third-order valence-corrected chi connectivity index (χ3v) is 5.01. The molecule has 1 aliphatic rings. The van der Waals surface area contributed by atoms with Crippen LogP contribution in [-0.2, 0) is 13.0 Å². The molecule has 2 aromatic rings. The van der Waals surface area contributed by atoms with Gasteiger partial charge in [0.15, 0.2) is 0 Å². The zero-order valence-electron chi connectivity index (χ0n) is 15.0. The Labute approximate surface area is 156 Å². The van der Waals surface area contributed by atoms with E-state index in [-0.39, 0.29) is 17.2 Å². The van der Waals surface area contributed by atoms with Gasteiger partial charge in [0.05, 0.1) is 19.9 Å². The van der Waals surface area contributed by atoms with Crippen molar-refractivity contribution in [2.45, 2.75) is 32.7 Å². The van der Waals surface area contributed by atoms with E-state index in [1.807, 2.05) is 6.92 Å². The first-order valence-electron chi connectivity index (χ1n) is 8.42. The molecule has 0 radical (unpaired) electrons. The van der Waals surface area contributed by atoms with E-state index in [2.05, 4.69) is 5.32 Å². The second-order valence-corrected chi connectivity index (χ2v) is 6.64. The van der Waals surface area contributed by atoms with E-state index in [9.17, 15) is 9.59 Å². The van der Waals surface area contributed by atoms with Gasteiger partial charge in [0, 0.05) is 29.4 Å². The zero-order valence-corrected chi connectivity index (χ0v) is 15.8. The Bertz CT molecular complexity index is 921. The molecule has 6 nitrogen and oxygen atoms in total. The summed E-state index contributed by atoms with van der Waals surface area (Å²) in [4.78, 5) is 25.3. The van der Waals surface area contributed by atoms with Crippen LogP contribution in [0.15, 0.2) is 23.0 Å². The molecule has 26 heavy (non-hydrogen) atoms. The quantitative estimate of drug-likeness (QED) is 0.887. The summed E-state index contributed by atoms with van der Waals surface area (Å²) in [6.45, 7) is 2.46. The van der Waals surface area contributed by atoms with E-state index >= 15 is 0 Å². The number of anilines is 1. The molecule has 2 heterocycles. The van der Waals surface area contributed by atoms with E-state index < -0.39 is 0 Å². The first kappa shape index (κ1) is 18.3. The number of fused-ring (bicyclic) bond motifs is 1. The van der Waals surface area contributed by atoms with Crippen LogP contribution in [0.4, 0.5) is 5.69 Å². The maximum absolute atomic E-state index is 13.0. The van der Waals surface area contributed by atoms with E-state index in [0.717, 1.165) is 18.4 Å². The number of aromatic nitrogens is 1. The van der Waals surface area contributed by atoms with Crippen molar-refractivity contribution in [3.05, 3.63) is 50.4 Å². The number of hydrogen-bond donors (Lipinski definition) is 1. The zero-order chi connectivity index (χ0) is 18.8. The number of methoxy groups -OCH3 is 2. The van der Waals surface area contributed by atoms with Crippen molar-refractivity contribution < 1.29 is 14.3 Å². The average Bonchev–Trinajstić information content (AvgIpc) is 2.64. The molecule has 0 unspecified atom stereocenters. The Morgan fingerprint density at radius 1 is 1.15 bits per heavy atom. The van der Waals surface area contributed by atoms with Gasteiger partial charge in [-0.2, -0.15) is 0 Å². The summed E-state index contributed by atoms with van der Waals surface area (Å²) in [7, 11) is 2.97. The Kier molecular flexibility index (Phi) is 5.23. The van der Waals surface area contributed by atoms with Crippen LogP contribution in [0.3, 0.4) is 0 Å². The molecule has 3 rings (SSSR count). The van der Waals surface area contributed by atoms with Gasteiger partial charge in [0.1, 0.15) is 17.1 Å². The van der Waals surface area contributed by atoms with Crippen molar-refractivity contribution in [3.8, 4) is 11.5 Å². The Morgan fingerprint density at radius 2 is 1.88 bits per heavy atom. The van der Waals surface area contributed by atoms with E-state index in [0.29, 0.717) is 40.7 Å². The van der Waals surface area contributed by atoms with Crippen molar-refractivity contribution >= 4 is 23.2 Å². The number of aryl methyl sites for hydroxylation is 1. The molecule has 0 atom stereocenters. The number of nitrogens with one attached hydrogen (secondary N) is 1. The summed E-state index contributed by atoms with van der Waals surface area (Å²) in [5, 5.41) is 3.43. The summed E-state index contributed by atoms with van der Waals surface area (Å²) in [6, 6.07) is 4.79. The smallest absolute Gasteiger partial charge is 0.261 e. The SMILES string of the molecule is COc1cc(Cl)c(C)cc1NC(=O)c1c(OC)cc(=O)n2c1CCCC2. The lowest BCUT2D eigenvalue weighted by molar-refractivity contribution is 0.102. The molecule has 0 spiro atoms. The van der Waals surface area contributed by atoms with Gasteiger partial charge in [-0.15, -0.1) is 0 Å². The number of halogens is 1. The van der Waals surface area contributed by atoms with Crippen LogP contribution in [0.2, 0.25) is 5.02 Å². The van der Waals surface area contributed by atoms with Gasteiger partial charge in [-0.05, 0) is 37.8 Å². The van der Waals surface area contributed by atoms with E-state index in [1.54, 1.807) is 16.7 Å². The molecule has 0 fully saturated rings. The molecule has 1 aliphatic heterocycles.